The van der Waals surface area contributed by atoms with Crippen molar-refractivity contribution in [3.63, 3.8) is 0 Å². The van der Waals surface area contributed by atoms with Crippen LogP contribution in [0.2, 0.25) is 0 Å². The van der Waals surface area contributed by atoms with Crippen LogP contribution in [0.15, 0.2) is 29.1 Å². The maximum absolute atomic E-state index is 12.5. The van der Waals surface area contributed by atoms with Gasteiger partial charge >= 0.3 is 0 Å². The Morgan fingerprint density at radius 1 is 1.27 bits per heavy atom. The van der Waals surface area contributed by atoms with Crippen molar-refractivity contribution in [3.8, 4) is 0 Å². The van der Waals surface area contributed by atoms with Gasteiger partial charge in [-0.2, -0.15) is 0 Å². The molecule has 1 aromatic heterocycles. The van der Waals surface area contributed by atoms with Crippen LogP contribution in [0.1, 0.15) is 39.6 Å². The number of rotatable bonds is 4. The van der Waals surface area contributed by atoms with Crippen molar-refractivity contribution in [2.45, 2.75) is 33.7 Å². The van der Waals surface area contributed by atoms with E-state index in [2.05, 4.69) is 4.98 Å². The summed E-state index contributed by atoms with van der Waals surface area (Å²) >= 11 is 0. The third-order valence-corrected chi connectivity index (χ3v) is 3.98. The van der Waals surface area contributed by atoms with Crippen molar-refractivity contribution in [2.24, 2.45) is 13.0 Å². The van der Waals surface area contributed by atoms with E-state index in [9.17, 15) is 9.59 Å². The maximum atomic E-state index is 12.5. The molecule has 0 aliphatic rings. The number of benzene rings is 1. The smallest absolute Gasteiger partial charge is 0.261 e. The third-order valence-electron chi connectivity index (χ3n) is 3.98. The summed E-state index contributed by atoms with van der Waals surface area (Å²) < 4.78 is 1.54. The zero-order valence-electron chi connectivity index (χ0n) is 13.8. The molecule has 5 heteroatoms. The highest BCUT2D eigenvalue weighted by Gasteiger charge is 2.25. The van der Waals surface area contributed by atoms with Crippen LogP contribution in [-0.4, -0.2) is 26.9 Å². The van der Waals surface area contributed by atoms with Gasteiger partial charge in [-0.3, -0.25) is 14.2 Å². The lowest BCUT2D eigenvalue weighted by molar-refractivity contribution is -0.136. The molecule has 0 spiro atoms. The fourth-order valence-corrected chi connectivity index (χ4v) is 2.70. The Balaban J connectivity index is 2.56. The van der Waals surface area contributed by atoms with Crippen LogP contribution < -0.4 is 5.56 Å². The van der Waals surface area contributed by atoms with Crippen molar-refractivity contribution in [1.82, 2.24) is 14.5 Å². The number of hydrogen-bond donors (Lipinski definition) is 0. The predicted octanol–water partition coefficient (Wildman–Crippen LogP) is 2.50. The number of fused-ring (bicyclic) bond motifs is 1. The standard InChI is InChI=1S/C17H23N3O2/c1-6-20(16(21)11(2)3)12(4)15-18-14-10-8-7-9-13(14)17(22)19(15)5/h7-12H,6H2,1-5H3. The zero-order valence-corrected chi connectivity index (χ0v) is 13.8. The van der Waals surface area contributed by atoms with Gasteiger partial charge in [0.2, 0.25) is 5.91 Å². The van der Waals surface area contributed by atoms with Gasteiger partial charge in [-0.1, -0.05) is 26.0 Å². The summed E-state index contributed by atoms with van der Waals surface area (Å²) in [5, 5.41) is 0.596. The quantitative estimate of drug-likeness (QED) is 0.872. The van der Waals surface area contributed by atoms with Crippen molar-refractivity contribution in [2.75, 3.05) is 6.54 Å². The summed E-state index contributed by atoms with van der Waals surface area (Å²) in [4.78, 5) is 31.2. The van der Waals surface area contributed by atoms with E-state index < -0.39 is 0 Å². The van der Waals surface area contributed by atoms with Gasteiger partial charge in [0.05, 0.1) is 16.9 Å². The Kier molecular flexibility index (Phi) is 4.64. The number of carbonyl (C=O) groups is 1. The van der Waals surface area contributed by atoms with Gasteiger partial charge in [0, 0.05) is 19.5 Å². The second kappa shape index (κ2) is 6.30. The first-order valence-electron chi connectivity index (χ1n) is 7.64. The number of aromatic nitrogens is 2. The minimum Gasteiger partial charge on any atom is -0.333 e. The number of para-hydroxylation sites is 1. The molecule has 2 rings (SSSR count). The second-order valence-electron chi connectivity index (χ2n) is 5.81. The second-order valence-corrected chi connectivity index (χ2v) is 5.81. The molecule has 1 aromatic carbocycles. The van der Waals surface area contributed by atoms with E-state index in [0.29, 0.717) is 23.3 Å². The molecule has 0 radical (unpaired) electrons. The van der Waals surface area contributed by atoms with Gasteiger partial charge in [-0.25, -0.2) is 4.98 Å². The van der Waals surface area contributed by atoms with Gasteiger partial charge in [-0.05, 0) is 26.0 Å². The van der Waals surface area contributed by atoms with Crippen LogP contribution in [0, 0.1) is 5.92 Å². The SMILES string of the molecule is CCN(C(=O)C(C)C)C(C)c1nc2ccccc2c(=O)n1C. The van der Waals surface area contributed by atoms with Gasteiger partial charge in [0.15, 0.2) is 0 Å². The minimum absolute atomic E-state index is 0.0670. The summed E-state index contributed by atoms with van der Waals surface area (Å²) in [5.74, 6) is 0.594. The number of hydrogen-bond acceptors (Lipinski definition) is 3. The molecule has 0 fully saturated rings. The molecular formula is C17H23N3O2. The lowest BCUT2D eigenvalue weighted by atomic mass is 10.1. The fourth-order valence-electron chi connectivity index (χ4n) is 2.70. The molecule has 118 valence electrons. The zero-order chi connectivity index (χ0) is 16.4. The normalized spacial score (nSPS) is 12.6. The lowest BCUT2D eigenvalue weighted by Crippen LogP contribution is -2.39. The molecule has 0 saturated carbocycles. The van der Waals surface area contributed by atoms with Crippen molar-refractivity contribution < 1.29 is 4.79 Å². The Hall–Kier alpha value is -2.17. The maximum Gasteiger partial charge on any atom is 0.261 e. The van der Waals surface area contributed by atoms with Crippen molar-refractivity contribution >= 4 is 16.8 Å². The van der Waals surface area contributed by atoms with E-state index in [1.54, 1.807) is 22.6 Å². The first-order chi connectivity index (χ1) is 10.4. The van der Waals surface area contributed by atoms with E-state index in [1.807, 2.05) is 45.9 Å². The molecule has 2 aromatic rings. The molecule has 1 heterocycles. The van der Waals surface area contributed by atoms with E-state index in [1.165, 1.54) is 0 Å². The lowest BCUT2D eigenvalue weighted by Gasteiger charge is -2.30. The average molecular weight is 301 g/mol. The topological polar surface area (TPSA) is 55.2 Å². The molecular weight excluding hydrogens is 278 g/mol. The van der Waals surface area contributed by atoms with E-state index in [4.69, 9.17) is 0 Å². The van der Waals surface area contributed by atoms with Crippen molar-refractivity contribution in [1.29, 1.82) is 0 Å². The fraction of sp³-hybridized carbons (Fsp3) is 0.471. The number of nitrogens with zero attached hydrogens (tertiary/aromatic N) is 3. The van der Waals surface area contributed by atoms with Gasteiger partial charge in [-0.15, -0.1) is 0 Å². The average Bonchev–Trinajstić information content (AvgIpc) is 2.51. The first-order valence-corrected chi connectivity index (χ1v) is 7.64. The molecule has 22 heavy (non-hydrogen) atoms. The van der Waals surface area contributed by atoms with Crippen LogP contribution >= 0.6 is 0 Å². The largest absolute Gasteiger partial charge is 0.333 e. The molecule has 1 unspecified atom stereocenters. The Morgan fingerprint density at radius 3 is 2.50 bits per heavy atom. The summed E-state index contributed by atoms with van der Waals surface area (Å²) in [5.41, 5.74) is 0.584. The first kappa shape index (κ1) is 16.2. The highest BCUT2D eigenvalue weighted by molar-refractivity contribution is 5.79. The summed E-state index contributed by atoms with van der Waals surface area (Å²) in [6.45, 7) is 8.20. The van der Waals surface area contributed by atoms with Crippen LogP contribution in [0.4, 0.5) is 0 Å². The van der Waals surface area contributed by atoms with Crippen LogP contribution in [0.5, 0.6) is 0 Å². The molecule has 1 amide bonds. The van der Waals surface area contributed by atoms with E-state index in [0.717, 1.165) is 0 Å². The Labute approximate surface area is 130 Å². The Bertz CT molecular complexity index is 749. The molecule has 0 aliphatic carbocycles. The summed E-state index contributed by atoms with van der Waals surface area (Å²) in [7, 11) is 1.71. The molecule has 0 saturated heterocycles. The predicted molar refractivity (Wildman–Crippen MR) is 87.6 cm³/mol. The summed E-state index contributed by atoms with van der Waals surface area (Å²) in [6.07, 6.45) is 0. The van der Waals surface area contributed by atoms with Crippen LogP contribution in [0.25, 0.3) is 10.9 Å². The van der Waals surface area contributed by atoms with Gasteiger partial charge in [0.1, 0.15) is 5.82 Å². The highest BCUT2D eigenvalue weighted by atomic mass is 16.2. The Morgan fingerprint density at radius 2 is 1.91 bits per heavy atom. The van der Waals surface area contributed by atoms with Crippen molar-refractivity contribution in [3.05, 3.63) is 40.4 Å². The molecule has 0 aliphatic heterocycles. The third kappa shape index (κ3) is 2.75. The van der Waals surface area contributed by atoms with Crippen LogP contribution in [0.3, 0.4) is 0 Å². The van der Waals surface area contributed by atoms with Gasteiger partial charge < -0.3 is 4.90 Å². The molecule has 0 N–H and O–H groups in total. The molecule has 0 bridgehead atoms. The molecule has 5 nitrogen and oxygen atoms in total. The minimum atomic E-state index is -0.248. The highest BCUT2D eigenvalue weighted by Crippen LogP contribution is 2.20. The van der Waals surface area contributed by atoms with Crippen LogP contribution in [-0.2, 0) is 11.8 Å². The molecule has 1 atom stereocenters. The summed E-state index contributed by atoms with van der Waals surface area (Å²) in [6, 6.07) is 7.04. The number of amides is 1. The van der Waals surface area contributed by atoms with E-state index >= 15 is 0 Å². The monoisotopic (exact) mass is 301 g/mol. The van der Waals surface area contributed by atoms with E-state index in [-0.39, 0.29) is 23.4 Å². The van der Waals surface area contributed by atoms with Gasteiger partial charge in [0.25, 0.3) is 5.56 Å². The number of carbonyl (C=O) groups excluding carboxylic acids is 1.